The van der Waals surface area contributed by atoms with Crippen LogP contribution in [-0.2, 0) is 6.18 Å². The van der Waals surface area contributed by atoms with Gasteiger partial charge in [-0.05, 0) is 18.6 Å². The number of pyridine rings is 1. The van der Waals surface area contributed by atoms with Gasteiger partial charge in [-0.3, -0.25) is 0 Å². The first-order chi connectivity index (χ1) is 8.09. The zero-order valence-electron chi connectivity index (χ0n) is 9.24. The third kappa shape index (κ3) is 2.88. The molecule has 0 aromatic carbocycles. The molecule has 93 valence electrons. The first kappa shape index (κ1) is 12.2. The summed E-state index contributed by atoms with van der Waals surface area (Å²) >= 11 is 0. The van der Waals surface area contributed by atoms with E-state index in [2.05, 4.69) is 10.3 Å². The Kier molecular flexibility index (Phi) is 3.51. The minimum absolute atomic E-state index is 0.0251. The van der Waals surface area contributed by atoms with Crippen molar-refractivity contribution in [2.75, 3.05) is 31.1 Å². The van der Waals surface area contributed by atoms with Crippen molar-refractivity contribution in [3.8, 4) is 0 Å². The molecule has 1 aromatic rings. The van der Waals surface area contributed by atoms with Crippen molar-refractivity contribution in [1.29, 1.82) is 0 Å². The summed E-state index contributed by atoms with van der Waals surface area (Å²) in [5, 5.41) is 4.19. The Morgan fingerprint density at radius 1 is 1.18 bits per heavy atom. The molecular formula is C11H13F3N3. The molecule has 1 saturated heterocycles. The summed E-state index contributed by atoms with van der Waals surface area (Å²) in [7, 11) is 0. The molecule has 1 aliphatic heterocycles. The molecule has 0 bridgehead atoms. The molecule has 0 spiro atoms. The molecule has 1 aromatic heterocycles. The Balaban J connectivity index is 2.30. The molecule has 2 heterocycles. The fourth-order valence-corrected chi connectivity index (χ4v) is 1.87. The van der Waals surface area contributed by atoms with E-state index < -0.39 is 11.7 Å². The number of rotatable bonds is 1. The second-order valence-electron chi connectivity index (χ2n) is 3.88. The predicted molar refractivity (Wildman–Crippen MR) is 57.9 cm³/mol. The number of hydrogen-bond donors (Lipinski definition) is 0. The third-order valence-electron chi connectivity index (χ3n) is 2.66. The van der Waals surface area contributed by atoms with Crippen molar-refractivity contribution in [2.24, 2.45) is 0 Å². The molecule has 0 atom stereocenters. The summed E-state index contributed by atoms with van der Waals surface area (Å²) in [4.78, 5) is 5.54. The lowest BCUT2D eigenvalue weighted by atomic mass is 10.2. The average molecular weight is 244 g/mol. The lowest BCUT2D eigenvalue weighted by Crippen LogP contribution is -2.29. The van der Waals surface area contributed by atoms with Crippen LogP contribution in [-0.4, -0.2) is 31.2 Å². The standard InChI is InChI=1S/C11H13F3N3/c12-11(13,14)9-3-1-5-16-10(9)17-7-2-4-15-6-8-17/h1,3,5H,2,4,6-8H2. The second-order valence-corrected chi connectivity index (χ2v) is 3.88. The van der Waals surface area contributed by atoms with E-state index in [0.717, 1.165) is 12.5 Å². The van der Waals surface area contributed by atoms with Gasteiger partial charge in [-0.15, -0.1) is 0 Å². The number of anilines is 1. The van der Waals surface area contributed by atoms with Crippen LogP contribution in [0.25, 0.3) is 0 Å². The van der Waals surface area contributed by atoms with Crippen molar-refractivity contribution < 1.29 is 13.2 Å². The number of alkyl halides is 3. The van der Waals surface area contributed by atoms with Gasteiger partial charge >= 0.3 is 6.18 Å². The molecule has 1 fully saturated rings. The molecule has 0 amide bonds. The zero-order valence-corrected chi connectivity index (χ0v) is 9.24. The lowest BCUT2D eigenvalue weighted by Gasteiger charge is -2.24. The van der Waals surface area contributed by atoms with E-state index in [4.69, 9.17) is 0 Å². The number of halogens is 3. The minimum atomic E-state index is -4.35. The molecule has 0 aliphatic carbocycles. The Morgan fingerprint density at radius 3 is 2.76 bits per heavy atom. The fourth-order valence-electron chi connectivity index (χ4n) is 1.87. The number of aromatic nitrogens is 1. The highest BCUT2D eigenvalue weighted by Crippen LogP contribution is 2.35. The molecule has 6 heteroatoms. The van der Waals surface area contributed by atoms with Crippen molar-refractivity contribution in [2.45, 2.75) is 12.6 Å². The van der Waals surface area contributed by atoms with Crippen LogP contribution in [0.3, 0.4) is 0 Å². The summed E-state index contributed by atoms with van der Waals surface area (Å²) in [6.07, 6.45) is -2.19. The van der Waals surface area contributed by atoms with E-state index in [9.17, 15) is 13.2 Å². The summed E-state index contributed by atoms with van der Waals surface area (Å²) in [5.74, 6) is 0.0251. The highest BCUT2D eigenvalue weighted by atomic mass is 19.4. The van der Waals surface area contributed by atoms with Gasteiger partial charge in [0.15, 0.2) is 0 Å². The van der Waals surface area contributed by atoms with Crippen LogP contribution in [0.5, 0.6) is 0 Å². The highest BCUT2D eigenvalue weighted by Gasteiger charge is 2.35. The van der Waals surface area contributed by atoms with E-state index in [0.29, 0.717) is 26.2 Å². The van der Waals surface area contributed by atoms with Gasteiger partial charge in [0.2, 0.25) is 0 Å². The largest absolute Gasteiger partial charge is 0.419 e. The van der Waals surface area contributed by atoms with Crippen molar-refractivity contribution >= 4 is 5.82 Å². The van der Waals surface area contributed by atoms with E-state index in [1.165, 1.54) is 12.3 Å². The maximum Gasteiger partial charge on any atom is 0.419 e. The quantitative estimate of drug-likeness (QED) is 0.755. The summed E-state index contributed by atoms with van der Waals surface area (Å²) in [6, 6.07) is 2.39. The highest BCUT2D eigenvalue weighted by molar-refractivity contribution is 5.48. The van der Waals surface area contributed by atoms with Crippen LogP contribution in [0.4, 0.5) is 19.0 Å². The first-order valence-corrected chi connectivity index (χ1v) is 5.49. The maximum absolute atomic E-state index is 12.8. The lowest BCUT2D eigenvalue weighted by molar-refractivity contribution is -0.137. The molecule has 3 nitrogen and oxygen atoms in total. The van der Waals surface area contributed by atoms with Crippen LogP contribution < -0.4 is 10.2 Å². The number of nitrogens with zero attached hydrogens (tertiary/aromatic N) is 3. The zero-order chi connectivity index (χ0) is 12.3. The fraction of sp³-hybridized carbons (Fsp3) is 0.545. The molecular weight excluding hydrogens is 231 g/mol. The van der Waals surface area contributed by atoms with Crippen molar-refractivity contribution in [3.05, 3.63) is 23.9 Å². The molecule has 17 heavy (non-hydrogen) atoms. The minimum Gasteiger partial charge on any atom is -0.355 e. The van der Waals surface area contributed by atoms with Gasteiger partial charge in [0, 0.05) is 32.4 Å². The smallest absolute Gasteiger partial charge is 0.355 e. The van der Waals surface area contributed by atoms with Gasteiger partial charge in [0.25, 0.3) is 0 Å². The van der Waals surface area contributed by atoms with E-state index in [1.54, 1.807) is 4.90 Å². The van der Waals surface area contributed by atoms with Gasteiger partial charge in [0.1, 0.15) is 5.82 Å². The monoisotopic (exact) mass is 244 g/mol. The SMILES string of the molecule is FC(F)(F)c1cccnc1N1CCC[N]CC1. The Bertz CT molecular complexity index is 370. The third-order valence-corrected chi connectivity index (χ3v) is 2.66. The van der Waals surface area contributed by atoms with Crippen LogP contribution in [0.1, 0.15) is 12.0 Å². The van der Waals surface area contributed by atoms with Crippen LogP contribution in [0.2, 0.25) is 0 Å². The van der Waals surface area contributed by atoms with Crippen molar-refractivity contribution in [1.82, 2.24) is 10.3 Å². The topological polar surface area (TPSA) is 30.2 Å². The maximum atomic E-state index is 12.8. The predicted octanol–water partition coefficient (Wildman–Crippen LogP) is 1.91. The van der Waals surface area contributed by atoms with E-state index in [-0.39, 0.29) is 5.82 Å². The van der Waals surface area contributed by atoms with Crippen LogP contribution >= 0.6 is 0 Å². The normalized spacial score (nSPS) is 17.9. The van der Waals surface area contributed by atoms with Crippen molar-refractivity contribution in [3.63, 3.8) is 0 Å². The Hall–Kier alpha value is -1.30. The summed E-state index contributed by atoms with van der Waals surface area (Å²) < 4.78 is 38.4. The van der Waals surface area contributed by atoms with Gasteiger partial charge in [-0.25, -0.2) is 10.3 Å². The van der Waals surface area contributed by atoms with Gasteiger partial charge < -0.3 is 4.90 Å². The second kappa shape index (κ2) is 4.91. The first-order valence-electron chi connectivity index (χ1n) is 5.49. The molecule has 0 saturated carbocycles. The molecule has 0 N–H and O–H groups in total. The molecule has 0 unspecified atom stereocenters. The van der Waals surface area contributed by atoms with E-state index >= 15 is 0 Å². The van der Waals surface area contributed by atoms with Crippen LogP contribution in [0.15, 0.2) is 18.3 Å². The summed E-state index contributed by atoms with van der Waals surface area (Å²) in [6.45, 7) is 2.35. The Morgan fingerprint density at radius 2 is 2.00 bits per heavy atom. The van der Waals surface area contributed by atoms with Gasteiger partial charge in [-0.2, -0.15) is 13.2 Å². The Labute approximate surface area is 97.6 Å². The van der Waals surface area contributed by atoms with Gasteiger partial charge in [0.05, 0.1) is 5.56 Å². The summed E-state index contributed by atoms with van der Waals surface area (Å²) in [5.41, 5.74) is -0.665. The van der Waals surface area contributed by atoms with Gasteiger partial charge in [-0.1, -0.05) is 0 Å². The van der Waals surface area contributed by atoms with Crippen LogP contribution in [0, 0.1) is 0 Å². The molecule has 2 rings (SSSR count). The van der Waals surface area contributed by atoms with E-state index in [1.807, 2.05) is 0 Å². The number of hydrogen-bond acceptors (Lipinski definition) is 2. The average Bonchev–Trinajstić information content (AvgIpc) is 2.56. The molecule has 1 radical (unpaired) electrons. The molecule has 1 aliphatic rings.